The molecule has 1 saturated heterocycles. The third kappa shape index (κ3) is 5.90. The van der Waals surface area contributed by atoms with Crippen LogP contribution in [0.15, 0.2) is 53.4 Å². The second kappa shape index (κ2) is 9.86. The van der Waals surface area contributed by atoms with Crippen LogP contribution in [0.25, 0.3) is 0 Å². The topological polar surface area (TPSA) is 95.6 Å². The summed E-state index contributed by atoms with van der Waals surface area (Å²) in [7, 11) is -3.74. The number of amides is 1. The molecule has 2 N–H and O–H groups in total. The Labute approximate surface area is 177 Å². The van der Waals surface area contributed by atoms with Gasteiger partial charge in [0.05, 0.1) is 4.90 Å². The van der Waals surface area contributed by atoms with Crippen LogP contribution in [0.1, 0.15) is 43.0 Å². The molecule has 8 heteroatoms. The van der Waals surface area contributed by atoms with E-state index in [1.807, 2.05) is 24.3 Å². The maximum absolute atomic E-state index is 12.3. The summed E-state index contributed by atoms with van der Waals surface area (Å²) in [5.74, 6) is -0.395. The quantitative estimate of drug-likeness (QED) is 0.629. The van der Waals surface area contributed by atoms with Crippen molar-refractivity contribution in [2.75, 3.05) is 29.9 Å². The smallest absolute Gasteiger partial charge is 0.240 e. The molecule has 0 saturated carbocycles. The summed E-state index contributed by atoms with van der Waals surface area (Å²) in [6.07, 6.45) is 3.62. The van der Waals surface area contributed by atoms with Crippen LogP contribution in [0.2, 0.25) is 0 Å². The van der Waals surface area contributed by atoms with Crippen molar-refractivity contribution in [1.82, 2.24) is 4.72 Å². The lowest BCUT2D eigenvalue weighted by molar-refractivity contribution is -0.116. The van der Waals surface area contributed by atoms with E-state index in [2.05, 4.69) is 14.9 Å². The summed E-state index contributed by atoms with van der Waals surface area (Å²) in [5, 5.41) is 2.83. The molecule has 1 heterocycles. The minimum absolute atomic E-state index is 0.0126. The first kappa shape index (κ1) is 22.0. The molecule has 2 aromatic carbocycles. The predicted octanol–water partition coefficient (Wildman–Crippen LogP) is 3.19. The van der Waals surface area contributed by atoms with Gasteiger partial charge in [0.15, 0.2) is 5.78 Å². The van der Waals surface area contributed by atoms with Gasteiger partial charge in [0, 0.05) is 43.0 Å². The lowest BCUT2D eigenvalue weighted by atomic mass is 10.1. The van der Waals surface area contributed by atoms with Crippen LogP contribution in [0, 0.1) is 0 Å². The molecule has 0 atom stereocenters. The molecule has 30 heavy (non-hydrogen) atoms. The standard InChI is InChI=1S/C22H27N3O4S/c1-17(26)18-8-10-21(11-9-18)30(28,29)23-13-12-22(27)24-19-6-5-7-20(16-19)25-14-3-2-4-15-25/h5-11,16,23H,2-4,12-15H2,1H3,(H,24,27). The van der Waals surface area contributed by atoms with Crippen LogP contribution in [0.5, 0.6) is 0 Å². The van der Waals surface area contributed by atoms with Crippen molar-refractivity contribution in [1.29, 1.82) is 0 Å². The van der Waals surface area contributed by atoms with E-state index in [1.54, 1.807) is 0 Å². The van der Waals surface area contributed by atoms with Crippen molar-refractivity contribution in [3.05, 3.63) is 54.1 Å². The second-order valence-corrected chi connectivity index (χ2v) is 9.14. The Kier molecular flexibility index (Phi) is 7.23. The molecule has 0 aliphatic carbocycles. The number of hydrogen-bond donors (Lipinski definition) is 2. The molecular weight excluding hydrogens is 402 g/mol. The summed E-state index contributed by atoms with van der Waals surface area (Å²) in [4.78, 5) is 25.9. The van der Waals surface area contributed by atoms with Gasteiger partial charge in [-0.3, -0.25) is 9.59 Å². The van der Waals surface area contributed by atoms with Crippen LogP contribution in [0.4, 0.5) is 11.4 Å². The maximum atomic E-state index is 12.3. The van der Waals surface area contributed by atoms with E-state index in [9.17, 15) is 18.0 Å². The fourth-order valence-corrected chi connectivity index (χ4v) is 4.44. The first-order valence-corrected chi connectivity index (χ1v) is 11.6. The average molecular weight is 430 g/mol. The first-order valence-electron chi connectivity index (χ1n) is 10.1. The van der Waals surface area contributed by atoms with Gasteiger partial charge >= 0.3 is 0 Å². The van der Waals surface area contributed by atoms with E-state index in [-0.39, 0.29) is 29.6 Å². The molecule has 1 aliphatic heterocycles. The number of carbonyl (C=O) groups is 2. The molecule has 160 valence electrons. The summed E-state index contributed by atoms with van der Waals surface area (Å²) in [6, 6.07) is 13.4. The predicted molar refractivity (Wildman–Crippen MR) is 117 cm³/mol. The van der Waals surface area contributed by atoms with E-state index < -0.39 is 10.0 Å². The lowest BCUT2D eigenvalue weighted by Crippen LogP contribution is -2.29. The highest BCUT2D eigenvalue weighted by atomic mass is 32.2. The number of anilines is 2. The summed E-state index contributed by atoms with van der Waals surface area (Å²) in [6.45, 7) is 3.44. The summed E-state index contributed by atoms with van der Waals surface area (Å²) in [5.41, 5.74) is 2.23. The van der Waals surface area contributed by atoms with Crippen molar-refractivity contribution in [2.45, 2.75) is 37.5 Å². The van der Waals surface area contributed by atoms with Crippen LogP contribution in [-0.2, 0) is 14.8 Å². The number of ketones is 1. The number of piperidine rings is 1. The molecule has 0 bridgehead atoms. The Balaban J connectivity index is 1.51. The number of Topliss-reactive ketones (excluding diaryl/α,β-unsaturated/α-hetero) is 1. The molecule has 3 rings (SSSR count). The van der Waals surface area contributed by atoms with Crippen molar-refractivity contribution in [2.24, 2.45) is 0 Å². The molecule has 7 nitrogen and oxygen atoms in total. The highest BCUT2D eigenvalue weighted by Gasteiger charge is 2.15. The van der Waals surface area contributed by atoms with Crippen molar-refractivity contribution < 1.29 is 18.0 Å². The SMILES string of the molecule is CC(=O)c1ccc(S(=O)(=O)NCCC(=O)Nc2cccc(N3CCCCC3)c2)cc1. The Bertz CT molecular complexity index is 997. The van der Waals surface area contributed by atoms with E-state index in [4.69, 9.17) is 0 Å². The molecular formula is C22H27N3O4S. The van der Waals surface area contributed by atoms with E-state index >= 15 is 0 Å². The number of benzene rings is 2. The monoisotopic (exact) mass is 429 g/mol. The lowest BCUT2D eigenvalue weighted by Gasteiger charge is -2.29. The third-order valence-corrected chi connectivity index (χ3v) is 6.54. The zero-order valence-electron chi connectivity index (χ0n) is 17.1. The number of nitrogens with one attached hydrogen (secondary N) is 2. The van der Waals surface area contributed by atoms with Crippen LogP contribution in [-0.4, -0.2) is 39.7 Å². The van der Waals surface area contributed by atoms with E-state index in [1.165, 1.54) is 50.5 Å². The van der Waals surface area contributed by atoms with Gasteiger partial charge in [0.25, 0.3) is 0 Å². The largest absolute Gasteiger partial charge is 0.371 e. The van der Waals surface area contributed by atoms with Crippen molar-refractivity contribution >= 4 is 33.1 Å². The Morgan fingerprint density at radius 2 is 1.70 bits per heavy atom. The maximum Gasteiger partial charge on any atom is 0.240 e. The number of sulfonamides is 1. The van der Waals surface area contributed by atoms with Gasteiger partial charge in [-0.2, -0.15) is 0 Å². The molecule has 0 radical (unpaired) electrons. The number of nitrogens with zero attached hydrogens (tertiary/aromatic N) is 1. The zero-order chi connectivity index (χ0) is 21.6. The molecule has 1 amide bonds. The zero-order valence-corrected chi connectivity index (χ0v) is 17.9. The van der Waals surface area contributed by atoms with Crippen molar-refractivity contribution in [3.63, 3.8) is 0 Å². The molecule has 0 unspecified atom stereocenters. The third-order valence-electron chi connectivity index (χ3n) is 5.07. The van der Waals surface area contributed by atoms with Crippen LogP contribution >= 0.6 is 0 Å². The molecule has 0 aromatic heterocycles. The van der Waals surface area contributed by atoms with E-state index in [0.29, 0.717) is 11.3 Å². The number of carbonyl (C=O) groups excluding carboxylic acids is 2. The Hall–Kier alpha value is -2.71. The number of hydrogen-bond acceptors (Lipinski definition) is 5. The normalized spacial score (nSPS) is 14.4. The van der Waals surface area contributed by atoms with E-state index in [0.717, 1.165) is 18.8 Å². The minimum atomic E-state index is -3.74. The molecule has 0 spiro atoms. The van der Waals surface area contributed by atoms with Crippen LogP contribution in [0.3, 0.4) is 0 Å². The fraction of sp³-hybridized carbons (Fsp3) is 0.364. The van der Waals surface area contributed by atoms with Gasteiger partial charge in [-0.1, -0.05) is 18.2 Å². The second-order valence-electron chi connectivity index (χ2n) is 7.37. The summed E-state index contributed by atoms with van der Waals surface area (Å²) < 4.78 is 27.1. The van der Waals surface area contributed by atoms with Gasteiger partial charge < -0.3 is 10.2 Å². The fourth-order valence-electron chi connectivity index (χ4n) is 3.41. The number of rotatable bonds is 8. The van der Waals surface area contributed by atoms with Gasteiger partial charge in [-0.05, 0) is 56.5 Å². The van der Waals surface area contributed by atoms with Gasteiger partial charge in [0.1, 0.15) is 0 Å². The highest BCUT2D eigenvalue weighted by molar-refractivity contribution is 7.89. The molecule has 1 fully saturated rings. The Morgan fingerprint density at radius 1 is 1.00 bits per heavy atom. The first-order chi connectivity index (χ1) is 14.3. The highest BCUT2D eigenvalue weighted by Crippen LogP contribution is 2.23. The van der Waals surface area contributed by atoms with Gasteiger partial charge in [-0.15, -0.1) is 0 Å². The summed E-state index contributed by atoms with van der Waals surface area (Å²) >= 11 is 0. The van der Waals surface area contributed by atoms with Crippen LogP contribution < -0.4 is 14.9 Å². The average Bonchev–Trinajstić information content (AvgIpc) is 2.74. The van der Waals surface area contributed by atoms with Gasteiger partial charge in [0.2, 0.25) is 15.9 Å². The molecule has 1 aliphatic rings. The Morgan fingerprint density at radius 3 is 2.37 bits per heavy atom. The molecule has 2 aromatic rings. The minimum Gasteiger partial charge on any atom is -0.371 e. The van der Waals surface area contributed by atoms with Crippen molar-refractivity contribution in [3.8, 4) is 0 Å². The van der Waals surface area contributed by atoms with Gasteiger partial charge in [-0.25, -0.2) is 13.1 Å².